The number of fused-ring (bicyclic) bond motifs is 1. The van der Waals surface area contributed by atoms with Crippen molar-refractivity contribution >= 4 is 11.3 Å². The molecule has 0 aliphatic carbocycles. The lowest BCUT2D eigenvalue weighted by atomic mass is 10.1. The molecule has 3 rings (SSSR count). The first-order valence-electron chi connectivity index (χ1n) is 7.01. The summed E-state index contributed by atoms with van der Waals surface area (Å²) in [6, 6.07) is 5.92. The minimum absolute atomic E-state index is 0.0141. The van der Waals surface area contributed by atoms with E-state index >= 15 is 0 Å². The van der Waals surface area contributed by atoms with Crippen LogP contribution in [0.3, 0.4) is 0 Å². The van der Waals surface area contributed by atoms with E-state index in [2.05, 4.69) is 26.6 Å². The van der Waals surface area contributed by atoms with Gasteiger partial charge < -0.3 is 10.5 Å². The molecule has 0 unspecified atom stereocenters. The SMILES string of the molecule is C=CC(F)(F)c1nnc2cc(N)c(-c3ccc(OC(F)(F)F)cc3)nn12. The zero-order valence-electron chi connectivity index (χ0n) is 12.8. The fourth-order valence-corrected chi connectivity index (χ4v) is 2.18. The van der Waals surface area contributed by atoms with Crippen molar-refractivity contribution in [3.05, 3.63) is 48.8 Å². The molecule has 3 aromatic rings. The number of benzene rings is 1. The van der Waals surface area contributed by atoms with E-state index in [9.17, 15) is 22.0 Å². The molecule has 11 heteroatoms. The van der Waals surface area contributed by atoms with E-state index in [0.717, 1.165) is 16.6 Å². The van der Waals surface area contributed by atoms with Crippen molar-refractivity contribution in [3.63, 3.8) is 0 Å². The Morgan fingerprint density at radius 2 is 1.73 bits per heavy atom. The van der Waals surface area contributed by atoms with E-state index in [1.807, 2.05) is 0 Å². The summed E-state index contributed by atoms with van der Waals surface area (Å²) in [7, 11) is 0. The van der Waals surface area contributed by atoms with Crippen LogP contribution in [0.15, 0.2) is 43.0 Å². The maximum absolute atomic E-state index is 13.9. The van der Waals surface area contributed by atoms with Crippen LogP contribution in [0.2, 0.25) is 0 Å². The predicted molar refractivity (Wildman–Crippen MR) is 81.4 cm³/mol. The summed E-state index contributed by atoms with van der Waals surface area (Å²) in [5.74, 6) is -4.69. The van der Waals surface area contributed by atoms with Gasteiger partial charge in [0.25, 0.3) is 0 Å². The number of ether oxygens (including phenoxy) is 1. The summed E-state index contributed by atoms with van der Waals surface area (Å²) >= 11 is 0. The summed E-state index contributed by atoms with van der Waals surface area (Å²) in [4.78, 5) is 0. The molecule has 0 fully saturated rings. The first kappa shape index (κ1) is 17.6. The van der Waals surface area contributed by atoms with Crippen LogP contribution in [0.5, 0.6) is 5.75 Å². The highest BCUT2D eigenvalue weighted by Gasteiger charge is 2.34. The van der Waals surface area contributed by atoms with Gasteiger partial charge in [0.1, 0.15) is 11.4 Å². The highest BCUT2D eigenvalue weighted by atomic mass is 19.4. The van der Waals surface area contributed by atoms with Crippen molar-refractivity contribution in [3.8, 4) is 17.0 Å². The molecule has 0 atom stereocenters. The third-order valence-corrected chi connectivity index (χ3v) is 3.34. The van der Waals surface area contributed by atoms with Crippen molar-refractivity contribution in [1.29, 1.82) is 0 Å². The van der Waals surface area contributed by atoms with Crippen molar-refractivity contribution in [1.82, 2.24) is 19.8 Å². The molecular weight excluding hydrogens is 361 g/mol. The molecule has 136 valence electrons. The Morgan fingerprint density at radius 1 is 1.08 bits per heavy atom. The smallest absolute Gasteiger partial charge is 0.406 e. The molecule has 2 heterocycles. The van der Waals surface area contributed by atoms with Gasteiger partial charge in [-0.15, -0.1) is 23.4 Å². The first-order chi connectivity index (χ1) is 12.1. The van der Waals surface area contributed by atoms with Crippen LogP contribution >= 0.6 is 0 Å². The maximum Gasteiger partial charge on any atom is 0.573 e. The van der Waals surface area contributed by atoms with Gasteiger partial charge in [0, 0.05) is 11.6 Å². The van der Waals surface area contributed by atoms with Gasteiger partial charge in [-0.3, -0.25) is 0 Å². The minimum Gasteiger partial charge on any atom is -0.406 e. The van der Waals surface area contributed by atoms with E-state index in [1.54, 1.807) is 0 Å². The van der Waals surface area contributed by atoms with Gasteiger partial charge >= 0.3 is 12.3 Å². The molecule has 1 aromatic carbocycles. The van der Waals surface area contributed by atoms with Crippen LogP contribution < -0.4 is 10.5 Å². The number of nitrogens with two attached hydrogens (primary N) is 1. The molecule has 2 aromatic heterocycles. The van der Waals surface area contributed by atoms with Gasteiger partial charge in [-0.25, -0.2) is 0 Å². The number of allylic oxidation sites excluding steroid dienone is 1. The second kappa shape index (κ2) is 5.93. The van der Waals surface area contributed by atoms with Gasteiger partial charge in [0.05, 0.1) is 5.69 Å². The number of halogens is 5. The molecule has 0 spiro atoms. The summed E-state index contributed by atoms with van der Waals surface area (Å²) in [5, 5.41) is 11.0. The monoisotopic (exact) mass is 371 g/mol. The normalized spacial score (nSPS) is 12.3. The van der Waals surface area contributed by atoms with E-state index < -0.39 is 23.9 Å². The Balaban J connectivity index is 2.06. The van der Waals surface area contributed by atoms with Gasteiger partial charge in [-0.05, 0) is 30.3 Å². The molecule has 0 aliphatic rings. The van der Waals surface area contributed by atoms with Crippen molar-refractivity contribution < 1.29 is 26.7 Å². The lowest BCUT2D eigenvalue weighted by Gasteiger charge is -2.11. The van der Waals surface area contributed by atoms with Crippen molar-refractivity contribution in [2.45, 2.75) is 12.3 Å². The number of hydrogen-bond donors (Lipinski definition) is 1. The van der Waals surface area contributed by atoms with Gasteiger partial charge in [0.15, 0.2) is 5.65 Å². The molecular formula is C15H10F5N5O. The molecule has 0 saturated heterocycles. The number of aromatic nitrogens is 4. The summed E-state index contributed by atoms with van der Waals surface area (Å²) in [6.07, 6.45) is -4.43. The van der Waals surface area contributed by atoms with E-state index in [1.165, 1.54) is 18.2 Å². The fraction of sp³-hybridized carbons (Fsp3) is 0.133. The Morgan fingerprint density at radius 3 is 2.31 bits per heavy atom. The first-order valence-corrected chi connectivity index (χ1v) is 7.01. The number of nitrogens with zero attached hydrogens (tertiary/aromatic N) is 4. The molecule has 0 bridgehead atoms. The highest BCUT2D eigenvalue weighted by Crippen LogP contribution is 2.31. The Hall–Kier alpha value is -3.24. The average Bonchev–Trinajstić information content (AvgIpc) is 2.97. The molecule has 2 N–H and O–H groups in total. The Kier molecular flexibility index (Phi) is 4.01. The van der Waals surface area contributed by atoms with Crippen LogP contribution in [0.4, 0.5) is 27.6 Å². The summed E-state index contributed by atoms with van der Waals surface area (Å²) in [5.41, 5.74) is 6.28. The van der Waals surface area contributed by atoms with Gasteiger partial charge in [-0.1, -0.05) is 6.58 Å². The predicted octanol–water partition coefficient (Wildman–Crippen LogP) is 3.55. The van der Waals surface area contributed by atoms with Crippen LogP contribution in [0, 0.1) is 0 Å². The molecule has 0 saturated carbocycles. The van der Waals surface area contributed by atoms with Crippen LogP contribution in [0.1, 0.15) is 5.82 Å². The minimum atomic E-state index is -4.83. The summed E-state index contributed by atoms with van der Waals surface area (Å²) < 4.78 is 68.9. The molecule has 26 heavy (non-hydrogen) atoms. The molecule has 0 amide bonds. The van der Waals surface area contributed by atoms with Crippen LogP contribution in [-0.2, 0) is 5.92 Å². The lowest BCUT2D eigenvalue weighted by molar-refractivity contribution is -0.274. The second-order valence-electron chi connectivity index (χ2n) is 5.14. The van der Waals surface area contributed by atoms with E-state index in [-0.39, 0.29) is 17.0 Å². The van der Waals surface area contributed by atoms with Crippen LogP contribution in [0.25, 0.3) is 16.9 Å². The van der Waals surface area contributed by atoms with E-state index in [0.29, 0.717) is 11.6 Å². The zero-order chi connectivity index (χ0) is 19.1. The van der Waals surface area contributed by atoms with Crippen molar-refractivity contribution in [2.75, 3.05) is 5.73 Å². The third kappa shape index (κ3) is 3.27. The maximum atomic E-state index is 13.9. The Bertz CT molecular complexity index is 965. The summed E-state index contributed by atoms with van der Waals surface area (Å²) in [6.45, 7) is 3.04. The second-order valence-corrected chi connectivity index (χ2v) is 5.14. The largest absolute Gasteiger partial charge is 0.573 e. The Labute approximate surface area is 142 Å². The quantitative estimate of drug-likeness (QED) is 0.561. The van der Waals surface area contributed by atoms with E-state index in [4.69, 9.17) is 5.73 Å². The fourth-order valence-electron chi connectivity index (χ4n) is 2.18. The van der Waals surface area contributed by atoms with Crippen LogP contribution in [-0.4, -0.2) is 26.2 Å². The number of alkyl halides is 5. The lowest BCUT2D eigenvalue weighted by Crippen LogP contribution is -2.17. The number of anilines is 1. The zero-order valence-corrected chi connectivity index (χ0v) is 12.8. The molecule has 0 radical (unpaired) electrons. The van der Waals surface area contributed by atoms with Gasteiger partial charge in [0.2, 0.25) is 5.82 Å². The van der Waals surface area contributed by atoms with Gasteiger partial charge in [-0.2, -0.15) is 18.4 Å². The number of hydrogen-bond acceptors (Lipinski definition) is 5. The topological polar surface area (TPSA) is 78.3 Å². The standard InChI is InChI=1S/C15H10F5N5O/c1-2-14(16,17)13-23-22-11-7-10(21)12(24-25(11)13)8-3-5-9(6-4-8)26-15(18,19)20/h2-7H,1,21H2. The number of rotatable bonds is 4. The highest BCUT2D eigenvalue weighted by molar-refractivity contribution is 5.74. The molecule has 6 nitrogen and oxygen atoms in total. The van der Waals surface area contributed by atoms with Crippen molar-refractivity contribution in [2.24, 2.45) is 0 Å². The molecule has 0 aliphatic heterocycles. The average molecular weight is 371 g/mol. The number of nitrogen functional groups attached to an aromatic ring is 1. The third-order valence-electron chi connectivity index (χ3n) is 3.34.